The summed E-state index contributed by atoms with van der Waals surface area (Å²) in [7, 11) is 0. The van der Waals surface area contributed by atoms with Crippen molar-refractivity contribution in [3.05, 3.63) is 35.4 Å². The monoisotopic (exact) mass is 190 g/mol. The lowest BCUT2D eigenvalue weighted by Gasteiger charge is -2.08. The van der Waals surface area contributed by atoms with Gasteiger partial charge in [0.25, 0.3) is 0 Å². The fourth-order valence-corrected chi connectivity index (χ4v) is 1.26. The molecule has 0 aliphatic heterocycles. The Labute approximate surface area is 83.9 Å². The van der Waals surface area contributed by atoms with E-state index in [0.717, 1.165) is 5.56 Å². The molecule has 0 spiro atoms. The first-order valence-corrected chi connectivity index (χ1v) is 4.63. The smallest absolute Gasteiger partial charge is 0.159 e. The van der Waals surface area contributed by atoms with Crippen molar-refractivity contribution < 1.29 is 9.59 Å². The molecule has 1 atom stereocenters. The molecule has 0 fully saturated rings. The fraction of sp³-hybridized carbons (Fsp3) is 0.333. The first-order chi connectivity index (χ1) is 6.52. The summed E-state index contributed by atoms with van der Waals surface area (Å²) in [6.45, 7) is 4.93. The molecule has 2 nitrogen and oxygen atoms in total. The topological polar surface area (TPSA) is 34.1 Å². The van der Waals surface area contributed by atoms with E-state index >= 15 is 0 Å². The van der Waals surface area contributed by atoms with Gasteiger partial charge >= 0.3 is 0 Å². The van der Waals surface area contributed by atoms with Gasteiger partial charge in [-0.3, -0.25) is 9.59 Å². The van der Waals surface area contributed by atoms with E-state index in [1.807, 2.05) is 19.1 Å². The van der Waals surface area contributed by atoms with Crippen LogP contribution in [0.3, 0.4) is 0 Å². The van der Waals surface area contributed by atoms with Gasteiger partial charge in [0.1, 0.15) is 5.78 Å². The average Bonchev–Trinajstić information content (AvgIpc) is 2.16. The fourth-order valence-electron chi connectivity index (χ4n) is 1.26. The largest absolute Gasteiger partial charge is 0.299 e. The highest BCUT2D eigenvalue weighted by Crippen LogP contribution is 2.17. The SMILES string of the molecule is CC(=O)c1cccc(C(C)C(C)=O)c1. The lowest BCUT2D eigenvalue weighted by atomic mass is 9.95. The minimum atomic E-state index is -0.130. The second-order valence-electron chi connectivity index (χ2n) is 3.51. The van der Waals surface area contributed by atoms with Gasteiger partial charge in [0.05, 0.1) is 0 Å². The van der Waals surface area contributed by atoms with Crippen LogP contribution in [0.2, 0.25) is 0 Å². The number of rotatable bonds is 3. The highest BCUT2D eigenvalue weighted by atomic mass is 16.1. The molecule has 0 saturated heterocycles. The third kappa shape index (κ3) is 2.28. The van der Waals surface area contributed by atoms with E-state index in [2.05, 4.69) is 0 Å². The molecule has 1 unspecified atom stereocenters. The Kier molecular flexibility index (Phi) is 3.18. The van der Waals surface area contributed by atoms with Crippen molar-refractivity contribution in [3.8, 4) is 0 Å². The van der Waals surface area contributed by atoms with Gasteiger partial charge in [0.15, 0.2) is 5.78 Å². The predicted molar refractivity (Wildman–Crippen MR) is 55.5 cm³/mol. The summed E-state index contributed by atoms with van der Waals surface area (Å²) in [5, 5.41) is 0. The second kappa shape index (κ2) is 4.18. The van der Waals surface area contributed by atoms with Crippen molar-refractivity contribution in [2.24, 2.45) is 0 Å². The zero-order valence-electron chi connectivity index (χ0n) is 8.70. The Morgan fingerprint density at radius 1 is 1.21 bits per heavy atom. The highest BCUT2D eigenvalue weighted by molar-refractivity contribution is 5.94. The molecule has 0 heterocycles. The van der Waals surface area contributed by atoms with Gasteiger partial charge in [0.2, 0.25) is 0 Å². The van der Waals surface area contributed by atoms with Crippen LogP contribution in [0.4, 0.5) is 0 Å². The molecule has 0 aromatic heterocycles. The summed E-state index contributed by atoms with van der Waals surface area (Å²) in [4.78, 5) is 22.2. The number of ketones is 2. The van der Waals surface area contributed by atoms with Crippen molar-refractivity contribution in [3.63, 3.8) is 0 Å². The van der Waals surface area contributed by atoms with Crippen LogP contribution >= 0.6 is 0 Å². The molecular weight excluding hydrogens is 176 g/mol. The molecule has 0 aliphatic carbocycles. The molecule has 2 heteroatoms. The van der Waals surface area contributed by atoms with Gasteiger partial charge in [-0.25, -0.2) is 0 Å². The summed E-state index contributed by atoms with van der Waals surface area (Å²) < 4.78 is 0. The zero-order valence-corrected chi connectivity index (χ0v) is 8.70. The molecule has 1 aromatic carbocycles. The summed E-state index contributed by atoms with van der Waals surface area (Å²) >= 11 is 0. The zero-order chi connectivity index (χ0) is 10.7. The lowest BCUT2D eigenvalue weighted by molar-refractivity contribution is -0.118. The van der Waals surface area contributed by atoms with Gasteiger partial charge in [-0.1, -0.05) is 25.1 Å². The predicted octanol–water partition coefficient (Wildman–Crippen LogP) is 2.58. The third-order valence-electron chi connectivity index (χ3n) is 2.40. The molecule has 1 rings (SSSR count). The number of carbonyl (C=O) groups excluding carboxylic acids is 2. The maximum absolute atomic E-state index is 11.1. The molecule has 0 radical (unpaired) electrons. The number of carbonyl (C=O) groups is 2. The van der Waals surface area contributed by atoms with Crippen LogP contribution in [0.15, 0.2) is 24.3 Å². The Hall–Kier alpha value is -1.44. The molecular formula is C12H14O2. The van der Waals surface area contributed by atoms with Crippen LogP contribution in [0.1, 0.15) is 42.6 Å². The first kappa shape index (κ1) is 10.6. The minimum absolute atomic E-state index is 0.0302. The maximum Gasteiger partial charge on any atom is 0.159 e. The van der Waals surface area contributed by atoms with E-state index < -0.39 is 0 Å². The molecule has 1 aromatic rings. The maximum atomic E-state index is 11.1. The van der Waals surface area contributed by atoms with Gasteiger partial charge in [-0.15, -0.1) is 0 Å². The van der Waals surface area contributed by atoms with E-state index in [-0.39, 0.29) is 17.5 Å². The molecule has 0 bridgehead atoms. The third-order valence-corrected chi connectivity index (χ3v) is 2.40. The van der Waals surface area contributed by atoms with Crippen LogP contribution in [0.25, 0.3) is 0 Å². The van der Waals surface area contributed by atoms with Crippen molar-refractivity contribution >= 4 is 11.6 Å². The molecule has 0 aliphatic rings. The standard InChI is InChI=1S/C12H14O2/c1-8(9(2)13)11-5-4-6-12(7-11)10(3)14/h4-8H,1-3H3. The molecule has 74 valence electrons. The minimum Gasteiger partial charge on any atom is -0.299 e. The number of Topliss-reactive ketones (excluding diaryl/α,β-unsaturated/α-hetero) is 2. The van der Waals surface area contributed by atoms with E-state index in [0.29, 0.717) is 5.56 Å². The summed E-state index contributed by atoms with van der Waals surface area (Å²) in [6, 6.07) is 7.23. The van der Waals surface area contributed by atoms with Gasteiger partial charge in [-0.05, 0) is 25.5 Å². The number of benzene rings is 1. The van der Waals surface area contributed by atoms with Gasteiger partial charge in [0, 0.05) is 11.5 Å². The van der Waals surface area contributed by atoms with Crippen LogP contribution in [-0.4, -0.2) is 11.6 Å². The lowest BCUT2D eigenvalue weighted by Crippen LogP contribution is -2.05. The van der Waals surface area contributed by atoms with Crippen LogP contribution in [0.5, 0.6) is 0 Å². The van der Waals surface area contributed by atoms with Gasteiger partial charge in [-0.2, -0.15) is 0 Å². The van der Waals surface area contributed by atoms with Gasteiger partial charge < -0.3 is 0 Å². The average molecular weight is 190 g/mol. The summed E-state index contributed by atoms with van der Waals surface area (Å²) in [5.74, 6) is 0.0163. The molecule has 0 N–H and O–H groups in total. The van der Waals surface area contributed by atoms with Crippen LogP contribution in [0, 0.1) is 0 Å². The van der Waals surface area contributed by atoms with Crippen LogP contribution < -0.4 is 0 Å². The molecule has 0 saturated carbocycles. The Morgan fingerprint density at radius 2 is 1.86 bits per heavy atom. The highest BCUT2D eigenvalue weighted by Gasteiger charge is 2.11. The van der Waals surface area contributed by atoms with Crippen molar-refractivity contribution in [1.82, 2.24) is 0 Å². The number of hydrogen-bond donors (Lipinski definition) is 0. The van der Waals surface area contributed by atoms with E-state index in [9.17, 15) is 9.59 Å². The quantitative estimate of drug-likeness (QED) is 0.686. The van der Waals surface area contributed by atoms with E-state index in [1.165, 1.54) is 6.92 Å². The summed E-state index contributed by atoms with van der Waals surface area (Å²) in [5.41, 5.74) is 1.57. The van der Waals surface area contributed by atoms with Crippen molar-refractivity contribution in [2.45, 2.75) is 26.7 Å². The normalized spacial score (nSPS) is 12.2. The molecule has 14 heavy (non-hydrogen) atoms. The van der Waals surface area contributed by atoms with Crippen molar-refractivity contribution in [2.75, 3.05) is 0 Å². The van der Waals surface area contributed by atoms with E-state index in [4.69, 9.17) is 0 Å². The van der Waals surface area contributed by atoms with Crippen molar-refractivity contribution in [1.29, 1.82) is 0 Å². The first-order valence-electron chi connectivity index (χ1n) is 4.63. The van der Waals surface area contributed by atoms with Crippen LogP contribution in [-0.2, 0) is 4.79 Å². The van der Waals surface area contributed by atoms with E-state index in [1.54, 1.807) is 19.1 Å². The number of hydrogen-bond acceptors (Lipinski definition) is 2. The molecule has 0 amide bonds. The Balaban J connectivity index is 3.05. The second-order valence-corrected chi connectivity index (χ2v) is 3.51. The summed E-state index contributed by atoms with van der Waals surface area (Å²) in [6.07, 6.45) is 0. The Morgan fingerprint density at radius 3 is 2.36 bits per heavy atom. The Bertz CT molecular complexity index is 366.